The Morgan fingerprint density at radius 3 is 1.63 bits per heavy atom. The third-order valence-electron chi connectivity index (χ3n) is 9.93. The van der Waals surface area contributed by atoms with Crippen LogP contribution in [0.5, 0.6) is 0 Å². The highest BCUT2D eigenvalue weighted by Crippen LogP contribution is 2.45. The number of rotatable bonds is 4. The van der Waals surface area contributed by atoms with Gasteiger partial charge in [-0.1, -0.05) is 158 Å². The first-order valence-electron chi connectivity index (χ1n) is 16.7. The standard InChI is InChI=1S/C47H29NS/c1-2-11-30(12-3-1)31-21-23-33(24-22-31)44-37-15-6-8-17-39(37)45(40-18-9-7-16-38(40)44)42-27-25-34(29-48-42)36-19-10-20-41-46-35-14-5-4-13-32(35)26-28-43(46)49-47(36)41/h1-29H. The lowest BCUT2D eigenvalue weighted by Gasteiger charge is -2.17. The third kappa shape index (κ3) is 4.49. The average molecular weight is 640 g/mol. The summed E-state index contributed by atoms with van der Waals surface area (Å²) in [7, 11) is 0. The van der Waals surface area contributed by atoms with E-state index in [1.165, 1.54) is 85.9 Å². The lowest BCUT2D eigenvalue weighted by Crippen LogP contribution is -1.92. The summed E-state index contributed by atoms with van der Waals surface area (Å²) in [5.41, 5.74) is 9.44. The molecule has 1 nitrogen and oxygen atoms in total. The van der Waals surface area contributed by atoms with Gasteiger partial charge in [0.05, 0.1) is 5.69 Å². The van der Waals surface area contributed by atoms with Crippen molar-refractivity contribution in [2.24, 2.45) is 0 Å². The van der Waals surface area contributed by atoms with Gasteiger partial charge in [-0.3, -0.25) is 4.98 Å². The number of nitrogens with zero attached hydrogens (tertiary/aromatic N) is 1. The molecule has 0 aliphatic carbocycles. The predicted octanol–water partition coefficient (Wildman–Crippen LogP) is 13.6. The number of aromatic nitrogens is 1. The first-order valence-corrected chi connectivity index (χ1v) is 17.5. The summed E-state index contributed by atoms with van der Waals surface area (Å²) >= 11 is 1.87. The van der Waals surface area contributed by atoms with Gasteiger partial charge in [-0.25, -0.2) is 0 Å². The van der Waals surface area contributed by atoms with Crippen LogP contribution in [0.2, 0.25) is 0 Å². The smallest absolute Gasteiger partial charge is 0.0714 e. The van der Waals surface area contributed by atoms with Crippen LogP contribution in [-0.4, -0.2) is 4.98 Å². The summed E-state index contributed by atoms with van der Waals surface area (Å²) in [5, 5.41) is 10.1. The van der Waals surface area contributed by atoms with Gasteiger partial charge in [0.1, 0.15) is 0 Å². The fourth-order valence-corrected chi connectivity index (χ4v) is 8.93. The van der Waals surface area contributed by atoms with Gasteiger partial charge in [-0.15, -0.1) is 11.3 Å². The van der Waals surface area contributed by atoms with E-state index in [0.29, 0.717) is 0 Å². The Bertz CT molecular complexity index is 2790. The van der Waals surface area contributed by atoms with E-state index in [0.717, 1.165) is 11.3 Å². The molecule has 49 heavy (non-hydrogen) atoms. The van der Waals surface area contributed by atoms with E-state index in [9.17, 15) is 0 Å². The zero-order valence-electron chi connectivity index (χ0n) is 26.6. The summed E-state index contributed by atoms with van der Waals surface area (Å²) < 4.78 is 2.63. The molecule has 0 saturated heterocycles. The Morgan fingerprint density at radius 2 is 0.939 bits per heavy atom. The molecule has 228 valence electrons. The Morgan fingerprint density at radius 1 is 0.367 bits per heavy atom. The molecular formula is C47H29NS. The summed E-state index contributed by atoms with van der Waals surface area (Å²) in [6.07, 6.45) is 2.06. The van der Waals surface area contributed by atoms with Gasteiger partial charge in [0, 0.05) is 43.1 Å². The van der Waals surface area contributed by atoms with Gasteiger partial charge < -0.3 is 0 Å². The fourth-order valence-electron chi connectivity index (χ4n) is 7.67. The van der Waals surface area contributed by atoms with Gasteiger partial charge in [0.25, 0.3) is 0 Å². The Labute approximate surface area is 288 Å². The molecule has 0 atom stereocenters. The van der Waals surface area contributed by atoms with Crippen molar-refractivity contribution in [1.82, 2.24) is 4.98 Å². The first kappa shape index (κ1) is 28.0. The Hall–Kier alpha value is -6.09. The van der Waals surface area contributed by atoms with E-state index in [2.05, 4.69) is 176 Å². The highest BCUT2D eigenvalue weighted by molar-refractivity contribution is 7.26. The molecule has 0 N–H and O–H groups in total. The highest BCUT2D eigenvalue weighted by atomic mass is 32.1. The van der Waals surface area contributed by atoms with Crippen molar-refractivity contribution in [3.05, 3.63) is 176 Å². The molecule has 0 spiro atoms. The van der Waals surface area contributed by atoms with E-state index in [4.69, 9.17) is 4.98 Å². The van der Waals surface area contributed by atoms with E-state index in [1.807, 2.05) is 11.3 Å². The highest BCUT2D eigenvalue weighted by Gasteiger charge is 2.18. The van der Waals surface area contributed by atoms with Gasteiger partial charge in [0.2, 0.25) is 0 Å². The van der Waals surface area contributed by atoms with Crippen LogP contribution in [0.4, 0.5) is 0 Å². The molecule has 10 rings (SSSR count). The normalized spacial score (nSPS) is 11.7. The molecule has 2 heteroatoms. The van der Waals surface area contributed by atoms with Gasteiger partial charge >= 0.3 is 0 Å². The molecule has 10 aromatic rings. The number of hydrogen-bond acceptors (Lipinski definition) is 2. The molecule has 0 unspecified atom stereocenters. The zero-order valence-corrected chi connectivity index (χ0v) is 27.4. The number of pyridine rings is 1. The molecule has 0 radical (unpaired) electrons. The number of fused-ring (bicyclic) bond motifs is 7. The maximum Gasteiger partial charge on any atom is 0.0714 e. The second-order valence-electron chi connectivity index (χ2n) is 12.7. The topological polar surface area (TPSA) is 12.9 Å². The molecular weight excluding hydrogens is 611 g/mol. The van der Waals surface area contributed by atoms with Crippen LogP contribution in [0.25, 0.3) is 97.1 Å². The molecule has 0 fully saturated rings. The van der Waals surface area contributed by atoms with Crippen molar-refractivity contribution in [3.8, 4) is 44.6 Å². The minimum Gasteiger partial charge on any atom is -0.256 e. The second-order valence-corrected chi connectivity index (χ2v) is 13.7. The molecule has 0 amide bonds. The van der Waals surface area contributed by atoms with Crippen molar-refractivity contribution in [1.29, 1.82) is 0 Å². The van der Waals surface area contributed by atoms with Gasteiger partial charge in [-0.2, -0.15) is 0 Å². The Balaban J connectivity index is 1.12. The SMILES string of the molecule is c1ccc(-c2ccc(-c3c4ccccc4c(-c4ccc(-c5cccc6c5sc5ccc7ccccc7c56)cn4)c4ccccc34)cc2)cc1. The molecule has 0 bridgehead atoms. The first-order chi connectivity index (χ1) is 24.3. The van der Waals surface area contributed by atoms with Crippen molar-refractivity contribution < 1.29 is 0 Å². The minimum atomic E-state index is 0.983. The largest absolute Gasteiger partial charge is 0.256 e. The van der Waals surface area contributed by atoms with Crippen molar-refractivity contribution in [2.75, 3.05) is 0 Å². The molecule has 0 aliphatic rings. The third-order valence-corrected chi connectivity index (χ3v) is 11.1. The van der Waals surface area contributed by atoms with Crippen LogP contribution in [0.15, 0.2) is 176 Å². The van der Waals surface area contributed by atoms with Crippen LogP contribution >= 0.6 is 11.3 Å². The Kier molecular flexibility index (Phi) is 6.43. The molecule has 2 aromatic heterocycles. The summed E-state index contributed by atoms with van der Waals surface area (Å²) in [4.78, 5) is 5.19. The number of thiophene rings is 1. The predicted molar refractivity (Wildman–Crippen MR) is 211 cm³/mol. The number of hydrogen-bond donors (Lipinski definition) is 0. The molecule has 8 aromatic carbocycles. The van der Waals surface area contributed by atoms with E-state index in [-0.39, 0.29) is 0 Å². The van der Waals surface area contributed by atoms with Gasteiger partial charge in [-0.05, 0) is 66.7 Å². The van der Waals surface area contributed by atoms with E-state index >= 15 is 0 Å². The number of benzene rings is 8. The summed E-state index contributed by atoms with van der Waals surface area (Å²) in [6.45, 7) is 0. The van der Waals surface area contributed by atoms with E-state index < -0.39 is 0 Å². The van der Waals surface area contributed by atoms with Crippen LogP contribution in [-0.2, 0) is 0 Å². The fraction of sp³-hybridized carbons (Fsp3) is 0. The van der Waals surface area contributed by atoms with E-state index in [1.54, 1.807) is 0 Å². The monoisotopic (exact) mass is 639 g/mol. The van der Waals surface area contributed by atoms with Crippen LogP contribution < -0.4 is 0 Å². The molecule has 2 heterocycles. The van der Waals surface area contributed by atoms with Crippen molar-refractivity contribution in [2.45, 2.75) is 0 Å². The summed E-state index contributed by atoms with van der Waals surface area (Å²) in [6, 6.07) is 61.5. The lowest BCUT2D eigenvalue weighted by atomic mass is 9.87. The lowest BCUT2D eigenvalue weighted by molar-refractivity contribution is 1.34. The zero-order chi connectivity index (χ0) is 32.3. The van der Waals surface area contributed by atoms with Crippen LogP contribution in [0.3, 0.4) is 0 Å². The quantitative estimate of drug-likeness (QED) is 0.175. The van der Waals surface area contributed by atoms with Crippen molar-refractivity contribution in [3.63, 3.8) is 0 Å². The summed E-state index contributed by atoms with van der Waals surface area (Å²) in [5.74, 6) is 0. The minimum absolute atomic E-state index is 0.983. The maximum atomic E-state index is 5.19. The molecule has 0 aliphatic heterocycles. The van der Waals surface area contributed by atoms with Crippen LogP contribution in [0, 0.1) is 0 Å². The average Bonchev–Trinajstić information content (AvgIpc) is 3.57. The maximum absolute atomic E-state index is 5.19. The van der Waals surface area contributed by atoms with Crippen LogP contribution in [0.1, 0.15) is 0 Å². The second kappa shape index (κ2) is 11.3. The van der Waals surface area contributed by atoms with Gasteiger partial charge in [0.15, 0.2) is 0 Å². The van der Waals surface area contributed by atoms with Crippen molar-refractivity contribution >= 4 is 63.8 Å². The molecule has 0 saturated carbocycles.